The van der Waals surface area contributed by atoms with Crippen molar-refractivity contribution in [3.8, 4) is 0 Å². The monoisotopic (exact) mass is 276 g/mol. The van der Waals surface area contributed by atoms with Gasteiger partial charge in [0.1, 0.15) is 0 Å². The molecule has 1 unspecified atom stereocenters. The summed E-state index contributed by atoms with van der Waals surface area (Å²) >= 11 is 0. The number of hydrogen-bond donors (Lipinski definition) is 1. The lowest BCUT2D eigenvalue weighted by molar-refractivity contribution is -0.0390. The van der Waals surface area contributed by atoms with E-state index in [-0.39, 0.29) is 0 Å². The van der Waals surface area contributed by atoms with Crippen LogP contribution >= 0.6 is 0 Å². The summed E-state index contributed by atoms with van der Waals surface area (Å²) in [6.07, 6.45) is 16.1. The number of piperazine rings is 1. The number of hydrogen-bond acceptors (Lipinski definition) is 2. The molecule has 1 saturated heterocycles. The van der Waals surface area contributed by atoms with Gasteiger partial charge in [0.05, 0.1) is 0 Å². The van der Waals surface area contributed by atoms with E-state index in [0.29, 0.717) is 11.1 Å². The zero-order chi connectivity index (χ0) is 13.6. The maximum absolute atomic E-state index is 4.03. The minimum atomic E-state index is 0.468. The lowest BCUT2D eigenvalue weighted by Gasteiger charge is -2.56. The van der Waals surface area contributed by atoms with Crippen LogP contribution in [0.2, 0.25) is 0 Å². The molecule has 2 heteroatoms. The first kappa shape index (κ1) is 13.6. The van der Waals surface area contributed by atoms with Crippen LogP contribution in [0.5, 0.6) is 0 Å². The molecule has 0 aromatic carbocycles. The van der Waals surface area contributed by atoms with Crippen molar-refractivity contribution in [1.82, 2.24) is 10.2 Å². The minimum Gasteiger partial charge on any atom is -0.308 e. The molecule has 1 spiro atoms. The fourth-order valence-corrected chi connectivity index (χ4v) is 5.44. The van der Waals surface area contributed by atoms with E-state index >= 15 is 0 Å². The van der Waals surface area contributed by atoms with E-state index in [2.05, 4.69) is 17.1 Å². The van der Waals surface area contributed by atoms with E-state index in [0.717, 1.165) is 12.0 Å². The average molecular weight is 276 g/mol. The third-order valence-corrected chi connectivity index (χ3v) is 6.98. The number of rotatable bonds is 2. The van der Waals surface area contributed by atoms with Crippen molar-refractivity contribution in [1.29, 1.82) is 0 Å². The Morgan fingerprint density at radius 2 is 1.60 bits per heavy atom. The Labute approximate surface area is 124 Å². The lowest BCUT2D eigenvalue weighted by Crippen LogP contribution is -2.71. The molecular weight excluding hydrogens is 244 g/mol. The molecule has 114 valence electrons. The van der Waals surface area contributed by atoms with Crippen LogP contribution < -0.4 is 5.32 Å². The van der Waals surface area contributed by atoms with Crippen LogP contribution in [-0.4, -0.2) is 35.1 Å². The quantitative estimate of drug-likeness (QED) is 0.827. The fraction of sp³-hybridized carbons (Fsp3) is 1.00. The number of nitrogens with zero attached hydrogens (tertiary/aromatic N) is 1. The maximum Gasteiger partial charge on any atom is 0.0337 e. The summed E-state index contributed by atoms with van der Waals surface area (Å²) in [6, 6.07) is 0.897. The summed E-state index contributed by atoms with van der Waals surface area (Å²) in [5, 5.41) is 4.03. The first-order valence-corrected chi connectivity index (χ1v) is 9.24. The van der Waals surface area contributed by atoms with E-state index < -0.39 is 0 Å². The molecule has 2 nitrogen and oxygen atoms in total. The summed E-state index contributed by atoms with van der Waals surface area (Å²) in [7, 11) is 0. The highest BCUT2D eigenvalue weighted by molar-refractivity contribution is 5.11. The Bertz CT molecular complexity index is 350. The van der Waals surface area contributed by atoms with Crippen LogP contribution in [0, 0.1) is 5.92 Å². The molecule has 0 aromatic rings. The lowest BCUT2D eigenvalue weighted by atomic mass is 9.80. The van der Waals surface area contributed by atoms with Gasteiger partial charge >= 0.3 is 0 Å². The molecule has 20 heavy (non-hydrogen) atoms. The highest BCUT2D eigenvalue weighted by Crippen LogP contribution is 2.48. The van der Waals surface area contributed by atoms with Crippen LogP contribution in [0.15, 0.2) is 0 Å². The molecule has 0 bridgehead atoms. The van der Waals surface area contributed by atoms with E-state index in [9.17, 15) is 0 Å². The SMILES string of the molecule is CC1(C2CC2)CNC2(CCCC2)CN1C1CCCCC1. The Hall–Kier alpha value is -0.0800. The molecule has 0 aromatic heterocycles. The molecule has 3 aliphatic carbocycles. The fourth-order valence-electron chi connectivity index (χ4n) is 5.44. The van der Waals surface area contributed by atoms with Crippen LogP contribution in [0.25, 0.3) is 0 Å². The van der Waals surface area contributed by atoms with Crippen molar-refractivity contribution in [3.05, 3.63) is 0 Å². The molecule has 4 rings (SSSR count). The van der Waals surface area contributed by atoms with Gasteiger partial charge in [0.15, 0.2) is 0 Å². The Balaban J connectivity index is 1.57. The van der Waals surface area contributed by atoms with Gasteiger partial charge in [0.25, 0.3) is 0 Å². The van der Waals surface area contributed by atoms with Crippen LogP contribution in [0.4, 0.5) is 0 Å². The Morgan fingerprint density at radius 1 is 0.900 bits per heavy atom. The molecule has 0 amide bonds. The van der Waals surface area contributed by atoms with Gasteiger partial charge in [0, 0.05) is 30.2 Å². The summed E-state index contributed by atoms with van der Waals surface area (Å²) in [6.45, 7) is 5.19. The summed E-state index contributed by atoms with van der Waals surface area (Å²) < 4.78 is 0. The van der Waals surface area contributed by atoms with Gasteiger partial charge in [-0.3, -0.25) is 4.90 Å². The van der Waals surface area contributed by atoms with Crippen molar-refractivity contribution in [2.75, 3.05) is 13.1 Å². The second-order valence-electron chi connectivity index (χ2n) is 8.39. The van der Waals surface area contributed by atoms with Gasteiger partial charge < -0.3 is 5.32 Å². The van der Waals surface area contributed by atoms with E-state index in [1.54, 1.807) is 0 Å². The van der Waals surface area contributed by atoms with Gasteiger partial charge in [-0.15, -0.1) is 0 Å². The minimum absolute atomic E-state index is 0.468. The Kier molecular flexibility index (Phi) is 3.38. The summed E-state index contributed by atoms with van der Waals surface area (Å²) in [5.41, 5.74) is 0.960. The predicted molar refractivity (Wildman–Crippen MR) is 83.9 cm³/mol. The second-order valence-corrected chi connectivity index (χ2v) is 8.39. The van der Waals surface area contributed by atoms with Gasteiger partial charge in [0.2, 0.25) is 0 Å². The smallest absolute Gasteiger partial charge is 0.0337 e. The topological polar surface area (TPSA) is 15.3 Å². The normalized spacial score (nSPS) is 39.5. The van der Waals surface area contributed by atoms with Crippen LogP contribution in [0.3, 0.4) is 0 Å². The first-order chi connectivity index (χ1) is 9.72. The molecule has 4 fully saturated rings. The molecule has 1 N–H and O–H groups in total. The molecular formula is C18H32N2. The predicted octanol–water partition coefficient (Wildman–Crippen LogP) is 3.71. The molecule has 0 radical (unpaired) electrons. The van der Waals surface area contributed by atoms with E-state index in [1.165, 1.54) is 83.7 Å². The van der Waals surface area contributed by atoms with Gasteiger partial charge in [-0.1, -0.05) is 32.1 Å². The van der Waals surface area contributed by atoms with Crippen molar-refractivity contribution >= 4 is 0 Å². The van der Waals surface area contributed by atoms with Crippen molar-refractivity contribution in [2.45, 2.75) is 94.7 Å². The molecule has 3 saturated carbocycles. The summed E-state index contributed by atoms with van der Waals surface area (Å²) in [4.78, 5) is 3.02. The number of nitrogens with one attached hydrogen (secondary N) is 1. The third-order valence-electron chi connectivity index (χ3n) is 6.98. The third kappa shape index (κ3) is 2.23. The largest absolute Gasteiger partial charge is 0.308 e. The standard InChI is InChI=1S/C18H32N2/c1-17(15-9-10-15)13-19-18(11-5-6-12-18)14-20(17)16-7-3-2-4-8-16/h15-16,19H,2-14H2,1H3. The summed E-state index contributed by atoms with van der Waals surface area (Å²) in [5.74, 6) is 0.982. The van der Waals surface area contributed by atoms with E-state index in [4.69, 9.17) is 0 Å². The van der Waals surface area contributed by atoms with Crippen molar-refractivity contribution in [3.63, 3.8) is 0 Å². The molecule has 1 atom stereocenters. The van der Waals surface area contributed by atoms with Crippen molar-refractivity contribution in [2.24, 2.45) is 5.92 Å². The van der Waals surface area contributed by atoms with Crippen LogP contribution in [0.1, 0.15) is 77.6 Å². The second kappa shape index (κ2) is 4.98. The highest BCUT2D eigenvalue weighted by Gasteiger charge is 2.53. The zero-order valence-corrected chi connectivity index (χ0v) is 13.3. The van der Waals surface area contributed by atoms with Gasteiger partial charge in [-0.05, 0) is 51.4 Å². The Morgan fingerprint density at radius 3 is 2.25 bits per heavy atom. The average Bonchev–Trinajstić information content (AvgIpc) is 3.25. The van der Waals surface area contributed by atoms with Crippen molar-refractivity contribution < 1.29 is 0 Å². The van der Waals surface area contributed by atoms with E-state index in [1.807, 2.05) is 0 Å². The van der Waals surface area contributed by atoms with Gasteiger partial charge in [-0.25, -0.2) is 0 Å². The van der Waals surface area contributed by atoms with Gasteiger partial charge in [-0.2, -0.15) is 0 Å². The molecule has 4 aliphatic rings. The molecule has 1 aliphatic heterocycles. The maximum atomic E-state index is 4.03. The molecule has 1 heterocycles. The van der Waals surface area contributed by atoms with Crippen LogP contribution in [-0.2, 0) is 0 Å². The highest BCUT2D eigenvalue weighted by atomic mass is 15.3. The first-order valence-electron chi connectivity index (χ1n) is 9.24. The zero-order valence-electron chi connectivity index (χ0n) is 13.3.